The number of anilines is 1. The molecular formula is C15H12BrClN4. The maximum absolute atomic E-state index is 6.08. The summed E-state index contributed by atoms with van der Waals surface area (Å²) in [5.41, 5.74) is 3.66. The fourth-order valence-corrected chi connectivity index (χ4v) is 2.60. The quantitative estimate of drug-likeness (QED) is 0.717. The summed E-state index contributed by atoms with van der Waals surface area (Å²) < 4.78 is 0.844. The maximum Gasteiger partial charge on any atom is 0.117 e. The Balaban J connectivity index is 1.81. The van der Waals surface area contributed by atoms with Crippen LogP contribution >= 0.6 is 27.5 Å². The number of hydrogen-bond donors (Lipinski definition) is 2. The highest BCUT2D eigenvalue weighted by Gasteiger charge is 2.10. The summed E-state index contributed by atoms with van der Waals surface area (Å²) in [6.07, 6.45) is 0. The topological polar surface area (TPSA) is 53.6 Å². The first-order valence-electron chi connectivity index (χ1n) is 6.38. The molecule has 0 atom stereocenters. The average molecular weight is 364 g/mol. The Morgan fingerprint density at radius 2 is 1.86 bits per heavy atom. The summed E-state index contributed by atoms with van der Waals surface area (Å²) >= 11 is 9.55. The van der Waals surface area contributed by atoms with Gasteiger partial charge in [0.05, 0.1) is 21.7 Å². The molecule has 0 spiro atoms. The highest BCUT2D eigenvalue weighted by molar-refractivity contribution is 9.10. The van der Waals surface area contributed by atoms with Gasteiger partial charge in [0, 0.05) is 5.56 Å². The van der Waals surface area contributed by atoms with Crippen molar-refractivity contribution in [1.82, 2.24) is 15.4 Å². The summed E-state index contributed by atoms with van der Waals surface area (Å²) in [4.78, 5) is 0. The number of aromatic nitrogens is 3. The van der Waals surface area contributed by atoms with Crippen LogP contribution in [0.2, 0.25) is 5.02 Å². The van der Waals surface area contributed by atoms with Gasteiger partial charge in [-0.15, -0.1) is 0 Å². The van der Waals surface area contributed by atoms with Crippen LogP contribution < -0.4 is 5.32 Å². The lowest BCUT2D eigenvalue weighted by Gasteiger charge is -2.08. The summed E-state index contributed by atoms with van der Waals surface area (Å²) in [5.74, 6) is 0. The van der Waals surface area contributed by atoms with Crippen molar-refractivity contribution in [2.45, 2.75) is 6.54 Å². The van der Waals surface area contributed by atoms with E-state index in [4.69, 9.17) is 11.6 Å². The largest absolute Gasteiger partial charge is 0.378 e. The van der Waals surface area contributed by atoms with Crippen LogP contribution in [0.4, 0.5) is 5.69 Å². The summed E-state index contributed by atoms with van der Waals surface area (Å²) in [6, 6.07) is 15.7. The molecule has 0 fully saturated rings. The smallest absolute Gasteiger partial charge is 0.117 e. The molecular weight excluding hydrogens is 352 g/mol. The van der Waals surface area contributed by atoms with Gasteiger partial charge in [0.15, 0.2) is 0 Å². The molecule has 2 aromatic carbocycles. The lowest BCUT2D eigenvalue weighted by molar-refractivity contribution is 0.911. The second kappa shape index (κ2) is 6.28. The van der Waals surface area contributed by atoms with Crippen LogP contribution in [0.3, 0.4) is 0 Å². The van der Waals surface area contributed by atoms with Gasteiger partial charge in [0.2, 0.25) is 0 Å². The lowest BCUT2D eigenvalue weighted by atomic mass is 10.1. The van der Waals surface area contributed by atoms with Crippen LogP contribution in [-0.4, -0.2) is 15.4 Å². The molecule has 2 N–H and O–H groups in total. The predicted octanol–water partition coefficient (Wildman–Crippen LogP) is 4.50. The van der Waals surface area contributed by atoms with E-state index in [0.717, 1.165) is 27.1 Å². The van der Waals surface area contributed by atoms with Gasteiger partial charge in [-0.05, 0) is 28.1 Å². The van der Waals surface area contributed by atoms with Crippen molar-refractivity contribution in [1.29, 1.82) is 0 Å². The van der Waals surface area contributed by atoms with E-state index in [1.165, 1.54) is 0 Å². The number of aromatic amines is 1. The van der Waals surface area contributed by atoms with E-state index in [9.17, 15) is 0 Å². The first-order chi connectivity index (χ1) is 10.3. The van der Waals surface area contributed by atoms with Gasteiger partial charge in [0.1, 0.15) is 11.4 Å². The van der Waals surface area contributed by atoms with E-state index in [-0.39, 0.29) is 0 Å². The second-order valence-corrected chi connectivity index (χ2v) is 5.64. The number of nitrogens with one attached hydrogen (secondary N) is 2. The highest BCUT2D eigenvalue weighted by Crippen LogP contribution is 2.30. The van der Waals surface area contributed by atoms with Crippen LogP contribution in [0.1, 0.15) is 5.69 Å². The zero-order chi connectivity index (χ0) is 14.7. The van der Waals surface area contributed by atoms with Crippen LogP contribution in [0.15, 0.2) is 53.0 Å². The summed E-state index contributed by atoms with van der Waals surface area (Å²) in [6.45, 7) is 0.555. The van der Waals surface area contributed by atoms with Crippen molar-refractivity contribution in [3.05, 3.63) is 63.7 Å². The first-order valence-corrected chi connectivity index (χ1v) is 7.56. The van der Waals surface area contributed by atoms with E-state index in [1.54, 1.807) is 0 Å². The van der Waals surface area contributed by atoms with Gasteiger partial charge in [-0.3, -0.25) is 0 Å². The van der Waals surface area contributed by atoms with Crippen molar-refractivity contribution in [3.8, 4) is 11.3 Å². The van der Waals surface area contributed by atoms with Crippen LogP contribution in [-0.2, 0) is 6.54 Å². The second-order valence-electron chi connectivity index (χ2n) is 4.44. The molecule has 6 heteroatoms. The van der Waals surface area contributed by atoms with Gasteiger partial charge in [0.25, 0.3) is 0 Å². The van der Waals surface area contributed by atoms with Crippen molar-refractivity contribution in [2.75, 3.05) is 5.32 Å². The Bertz CT molecular complexity index is 742. The molecule has 0 amide bonds. The minimum Gasteiger partial charge on any atom is -0.378 e. The molecule has 3 rings (SSSR count). The molecule has 0 radical (unpaired) electrons. The van der Waals surface area contributed by atoms with E-state index < -0.39 is 0 Å². The van der Waals surface area contributed by atoms with Gasteiger partial charge >= 0.3 is 0 Å². The molecule has 1 aromatic heterocycles. The van der Waals surface area contributed by atoms with Crippen molar-refractivity contribution in [3.63, 3.8) is 0 Å². The number of H-pyrrole nitrogens is 1. The number of hydrogen-bond acceptors (Lipinski definition) is 3. The minimum atomic E-state index is 0.555. The first kappa shape index (κ1) is 14.1. The fourth-order valence-electron chi connectivity index (χ4n) is 2.02. The normalized spacial score (nSPS) is 10.6. The molecule has 0 bridgehead atoms. The van der Waals surface area contributed by atoms with Crippen LogP contribution in [0, 0.1) is 0 Å². The van der Waals surface area contributed by atoms with Gasteiger partial charge in [-0.25, -0.2) is 0 Å². The third kappa shape index (κ3) is 3.09. The molecule has 1 heterocycles. The minimum absolute atomic E-state index is 0.555. The van der Waals surface area contributed by atoms with Crippen molar-refractivity contribution in [2.24, 2.45) is 0 Å². The van der Waals surface area contributed by atoms with Gasteiger partial charge in [-0.2, -0.15) is 15.4 Å². The third-order valence-corrected chi connectivity index (χ3v) is 4.46. The predicted molar refractivity (Wildman–Crippen MR) is 88.3 cm³/mol. The zero-order valence-electron chi connectivity index (χ0n) is 11.0. The van der Waals surface area contributed by atoms with E-state index >= 15 is 0 Å². The molecule has 3 aromatic rings. The Kier molecular flexibility index (Phi) is 4.22. The van der Waals surface area contributed by atoms with E-state index in [2.05, 4.69) is 36.7 Å². The SMILES string of the molecule is Clc1cccc(NCc2n[nH]nc2-c2ccccc2)c1Br. The number of halogens is 2. The molecule has 0 saturated heterocycles. The summed E-state index contributed by atoms with van der Waals surface area (Å²) in [7, 11) is 0. The van der Waals surface area contributed by atoms with E-state index in [0.29, 0.717) is 11.6 Å². The molecule has 0 aliphatic heterocycles. The summed E-state index contributed by atoms with van der Waals surface area (Å²) in [5, 5.41) is 15.1. The third-order valence-electron chi connectivity index (χ3n) is 3.07. The Morgan fingerprint density at radius 1 is 1.05 bits per heavy atom. The molecule has 4 nitrogen and oxygen atoms in total. The molecule has 106 valence electrons. The number of benzene rings is 2. The Morgan fingerprint density at radius 3 is 2.67 bits per heavy atom. The van der Waals surface area contributed by atoms with Crippen molar-refractivity contribution >= 4 is 33.2 Å². The molecule has 0 aliphatic rings. The maximum atomic E-state index is 6.08. The standard InChI is InChI=1S/C15H12BrClN4/c16-14-11(17)7-4-8-12(14)18-9-13-15(20-21-19-13)10-5-2-1-3-6-10/h1-8,18H,9H2,(H,19,20,21). The van der Waals surface area contributed by atoms with Crippen molar-refractivity contribution < 1.29 is 0 Å². The van der Waals surface area contributed by atoms with Gasteiger partial charge in [-0.1, -0.05) is 48.0 Å². The van der Waals surface area contributed by atoms with Crippen LogP contribution in [0.25, 0.3) is 11.3 Å². The van der Waals surface area contributed by atoms with Gasteiger partial charge < -0.3 is 5.32 Å². The number of nitrogens with zero attached hydrogens (tertiary/aromatic N) is 2. The zero-order valence-corrected chi connectivity index (χ0v) is 13.3. The average Bonchev–Trinajstić information content (AvgIpc) is 2.98. The Hall–Kier alpha value is -1.85. The van der Waals surface area contributed by atoms with Crippen LogP contribution in [0.5, 0.6) is 0 Å². The Labute approximate surface area is 135 Å². The van der Waals surface area contributed by atoms with E-state index in [1.807, 2.05) is 48.5 Å². The molecule has 0 unspecified atom stereocenters. The lowest BCUT2D eigenvalue weighted by Crippen LogP contribution is -2.02. The fraction of sp³-hybridized carbons (Fsp3) is 0.0667. The molecule has 21 heavy (non-hydrogen) atoms. The molecule has 0 aliphatic carbocycles. The highest BCUT2D eigenvalue weighted by atomic mass is 79.9. The monoisotopic (exact) mass is 362 g/mol. The number of rotatable bonds is 4. The molecule has 0 saturated carbocycles.